The first-order chi connectivity index (χ1) is 10.1. The van der Waals surface area contributed by atoms with Gasteiger partial charge in [0.15, 0.2) is 0 Å². The van der Waals surface area contributed by atoms with Crippen LogP contribution in [0.2, 0.25) is 0 Å². The van der Waals surface area contributed by atoms with E-state index in [1.807, 2.05) is 0 Å². The number of carboxylic acids is 1. The zero-order valence-corrected chi connectivity index (χ0v) is 11.4. The van der Waals surface area contributed by atoms with Crippen LogP contribution in [-0.4, -0.2) is 44.9 Å². The van der Waals surface area contributed by atoms with E-state index in [-0.39, 0.29) is 18.2 Å². The van der Waals surface area contributed by atoms with Crippen LogP contribution in [0.15, 0.2) is 30.6 Å². The standard InChI is InChI=1S/C15H15N3O3/c19-14(20)7-10-3-6-18(9-10)15(21)11-1-2-12-13(8-11)17-5-4-16-12/h1-2,4-5,8,10H,3,6-7,9H2,(H,19,20). The van der Waals surface area contributed by atoms with Crippen LogP contribution in [0.4, 0.5) is 0 Å². The molecule has 1 amide bonds. The molecule has 21 heavy (non-hydrogen) atoms. The summed E-state index contributed by atoms with van der Waals surface area (Å²) >= 11 is 0. The minimum absolute atomic E-state index is 0.0479. The van der Waals surface area contributed by atoms with Crippen LogP contribution in [0.5, 0.6) is 0 Å². The van der Waals surface area contributed by atoms with Crippen molar-refractivity contribution < 1.29 is 14.7 Å². The number of carbonyl (C=O) groups is 2. The van der Waals surface area contributed by atoms with Crippen molar-refractivity contribution in [3.63, 3.8) is 0 Å². The number of amides is 1. The smallest absolute Gasteiger partial charge is 0.303 e. The van der Waals surface area contributed by atoms with Crippen molar-refractivity contribution >= 4 is 22.9 Å². The molecule has 3 rings (SSSR count). The van der Waals surface area contributed by atoms with Crippen LogP contribution < -0.4 is 0 Å². The molecule has 0 bridgehead atoms. The molecule has 1 aliphatic heterocycles. The van der Waals surface area contributed by atoms with E-state index in [4.69, 9.17) is 5.11 Å². The van der Waals surface area contributed by atoms with E-state index < -0.39 is 5.97 Å². The summed E-state index contributed by atoms with van der Waals surface area (Å²) in [7, 11) is 0. The molecule has 2 aromatic rings. The maximum atomic E-state index is 12.5. The Balaban J connectivity index is 1.76. The van der Waals surface area contributed by atoms with E-state index in [0.29, 0.717) is 24.2 Å². The van der Waals surface area contributed by atoms with E-state index in [1.165, 1.54) is 0 Å². The molecule has 0 saturated carbocycles. The minimum atomic E-state index is -0.810. The summed E-state index contributed by atoms with van der Waals surface area (Å²) in [5.41, 5.74) is 2.00. The molecule has 1 aromatic carbocycles. The zero-order chi connectivity index (χ0) is 14.8. The Morgan fingerprint density at radius 1 is 1.24 bits per heavy atom. The monoisotopic (exact) mass is 285 g/mol. The summed E-state index contributed by atoms with van der Waals surface area (Å²) in [6.07, 6.45) is 4.06. The number of aliphatic carboxylic acids is 1. The molecule has 2 heterocycles. The summed E-state index contributed by atoms with van der Waals surface area (Å²) in [6, 6.07) is 5.25. The summed E-state index contributed by atoms with van der Waals surface area (Å²) in [6.45, 7) is 1.11. The molecule has 6 nitrogen and oxygen atoms in total. The predicted octanol–water partition coefficient (Wildman–Crippen LogP) is 1.57. The Kier molecular flexibility index (Phi) is 3.51. The molecule has 108 valence electrons. The van der Waals surface area contributed by atoms with Gasteiger partial charge in [0.05, 0.1) is 11.0 Å². The number of benzene rings is 1. The number of fused-ring (bicyclic) bond motifs is 1. The molecule has 1 atom stereocenters. The number of likely N-dealkylation sites (tertiary alicyclic amines) is 1. The highest BCUT2D eigenvalue weighted by atomic mass is 16.4. The van der Waals surface area contributed by atoms with Gasteiger partial charge in [0.2, 0.25) is 0 Å². The Labute approximate surface area is 121 Å². The molecule has 1 aliphatic rings. The lowest BCUT2D eigenvalue weighted by Crippen LogP contribution is -2.29. The topological polar surface area (TPSA) is 83.4 Å². The Morgan fingerprint density at radius 3 is 2.76 bits per heavy atom. The molecular weight excluding hydrogens is 270 g/mol. The van der Waals surface area contributed by atoms with Gasteiger partial charge in [-0.15, -0.1) is 0 Å². The molecule has 1 N–H and O–H groups in total. The summed E-state index contributed by atoms with van der Waals surface area (Å²) in [5, 5.41) is 8.82. The van der Waals surface area contributed by atoms with Crippen molar-refractivity contribution in [3.05, 3.63) is 36.2 Å². The number of hydrogen-bond acceptors (Lipinski definition) is 4. The fourth-order valence-corrected chi connectivity index (χ4v) is 2.71. The van der Waals surface area contributed by atoms with Crippen molar-refractivity contribution in [3.8, 4) is 0 Å². The van der Waals surface area contributed by atoms with Gasteiger partial charge in [0.25, 0.3) is 5.91 Å². The number of carboxylic acid groups (broad SMARTS) is 1. The van der Waals surface area contributed by atoms with Gasteiger partial charge in [-0.05, 0) is 30.5 Å². The fraction of sp³-hybridized carbons (Fsp3) is 0.333. The third kappa shape index (κ3) is 2.84. The van der Waals surface area contributed by atoms with Gasteiger partial charge in [-0.25, -0.2) is 0 Å². The minimum Gasteiger partial charge on any atom is -0.481 e. The molecule has 0 radical (unpaired) electrons. The van der Waals surface area contributed by atoms with Crippen molar-refractivity contribution in [2.45, 2.75) is 12.8 Å². The van der Waals surface area contributed by atoms with Crippen LogP contribution >= 0.6 is 0 Å². The van der Waals surface area contributed by atoms with Crippen LogP contribution in [0.25, 0.3) is 11.0 Å². The lowest BCUT2D eigenvalue weighted by Gasteiger charge is -2.16. The zero-order valence-electron chi connectivity index (χ0n) is 11.4. The first-order valence-corrected chi connectivity index (χ1v) is 6.85. The summed E-state index contributed by atoms with van der Waals surface area (Å²) < 4.78 is 0. The van der Waals surface area contributed by atoms with E-state index in [9.17, 15) is 9.59 Å². The molecule has 1 saturated heterocycles. The number of hydrogen-bond donors (Lipinski definition) is 1. The maximum absolute atomic E-state index is 12.5. The van der Waals surface area contributed by atoms with Crippen LogP contribution in [0.3, 0.4) is 0 Å². The first-order valence-electron chi connectivity index (χ1n) is 6.85. The maximum Gasteiger partial charge on any atom is 0.303 e. The van der Waals surface area contributed by atoms with Crippen molar-refractivity contribution in [2.75, 3.05) is 13.1 Å². The number of rotatable bonds is 3. The molecule has 1 fully saturated rings. The van der Waals surface area contributed by atoms with Gasteiger partial charge in [0, 0.05) is 37.5 Å². The molecule has 0 spiro atoms. The van der Waals surface area contributed by atoms with E-state index >= 15 is 0 Å². The summed E-state index contributed by atoms with van der Waals surface area (Å²) in [5.74, 6) is -0.836. The van der Waals surface area contributed by atoms with Crippen LogP contribution in [0, 0.1) is 5.92 Å². The highest BCUT2D eigenvalue weighted by Gasteiger charge is 2.28. The van der Waals surface area contributed by atoms with Crippen LogP contribution in [-0.2, 0) is 4.79 Å². The molecule has 6 heteroatoms. The highest BCUT2D eigenvalue weighted by Crippen LogP contribution is 2.22. The first kappa shape index (κ1) is 13.5. The Morgan fingerprint density at radius 2 is 2.00 bits per heavy atom. The van der Waals surface area contributed by atoms with Gasteiger partial charge in [0.1, 0.15) is 0 Å². The van der Waals surface area contributed by atoms with E-state index in [2.05, 4.69) is 9.97 Å². The van der Waals surface area contributed by atoms with Crippen molar-refractivity contribution in [2.24, 2.45) is 5.92 Å². The average Bonchev–Trinajstić information content (AvgIpc) is 2.93. The normalized spacial score (nSPS) is 18.1. The lowest BCUT2D eigenvalue weighted by molar-refractivity contribution is -0.138. The van der Waals surface area contributed by atoms with Gasteiger partial charge < -0.3 is 10.0 Å². The number of nitrogens with zero attached hydrogens (tertiary/aromatic N) is 3. The molecule has 1 unspecified atom stereocenters. The second-order valence-electron chi connectivity index (χ2n) is 5.26. The van der Waals surface area contributed by atoms with Gasteiger partial charge in [-0.2, -0.15) is 0 Å². The van der Waals surface area contributed by atoms with Crippen molar-refractivity contribution in [1.29, 1.82) is 0 Å². The SMILES string of the molecule is O=C(O)CC1CCN(C(=O)c2ccc3nccnc3c2)C1. The Hall–Kier alpha value is -2.50. The molecule has 0 aliphatic carbocycles. The third-order valence-corrected chi connectivity index (χ3v) is 3.75. The number of carbonyl (C=O) groups excluding carboxylic acids is 1. The second kappa shape index (κ2) is 5.47. The van der Waals surface area contributed by atoms with Crippen LogP contribution in [0.1, 0.15) is 23.2 Å². The van der Waals surface area contributed by atoms with Gasteiger partial charge >= 0.3 is 5.97 Å². The largest absolute Gasteiger partial charge is 0.481 e. The second-order valence-corrected chi connectivity index (χ2v) is 5.26. The van der Waals surface area contributed by atoms with E-state index in [0.717, 1.165) is 11.9 Å². The molecular formula is C15H15N3O3. The van der Waals surface area contributed by atoms with E-state index in [1.54, 1.807) is 35.5 Å². The predicted molar refractivity (Wildman–Crippen MR) is 75.8 cm³/mol. The average molecular weight is 285 g/mol. The fourth-order valence-electron chi connectivity index (χ4n) is 2.71. The quantitative estimate of drug-likeness (QED) is 0.925. The summed E-state index contributed by atoms with van der Waals surface area (Å²) in [4.78, 5) is 33.3. The Bertz CT molecular complexity index is 701. The van der Waals surface area contributed by atoms with Crippen molar-refractivity contribution in [1.82, 2.24) is 14.9 Å². The van der Waals surface area contributed by atoms with Gasteiger partial charge in [-0.1, -0.05) is 0 Å². The number of aromatic nitrogens is 2. The highest BCUT2D eigenvalue weighted by molar-refractivity contribution is 5.97. The third-order valence-electron chi connectivity index (χ3n) is 3.75. The van der Waals surface area contributed by atoms with Gasteiger partial charge in [-0.3, -0.25) is 19.6 Å². The lowest BCUT2D eigenvalue weighted by atomic mass is 10.1. The molecule has 1 aromatic heterocycles.